The number of aromatic carboxylic acids is 1. The average Bonchev–Trinajstić information content (AvgIpc) is 2.32. The fourth-order valence-electron chi connectivity index (χ4n) is 2.45. The summed E-state index contributed by atoms with van der Waals surface area (Å²) in [6.45, 7) is 9.31. The van der Waals surface area contributed by atoms with Crippen LogP contribution in [-0.2, 0) is 0 Å². The zero-order chi connectivity index (χ0) is 14.5. The molecule has 4 nitrogen and oxygen atoms in total. The maximum Gasteiger partial charge on any atom is 0.341 e. The Morgan fingerprint density at radius 3 is 2.16 bits per heavy atom. The van der Waals surface area contributed by atoms with Gasteiger partial charge in [-0.05, 0) is 62.9 Å². The first-order valence-corrected chi connectivity index (χ1v) is 6.13. The third-order valence-electron chi connectivity index (χ3n) is 4.02. The number of nitrogens with zero attached hydrogens (tertiary/aromatic N) is 1. The predicted octanol–water partition coefficient (Wildman–Crippen LogP) is 2.54. The Kier molecular flexibility index (Phi) is 2.97. The zero-order valence-corrected chi connectivity index (χ0v) is 11.8. The first kappa shape index (κ1) is 13.3. The van der Waals surface area contributed by atoms with Gasteiger partial charge < -0.3 is 5.11 Å². The molecule has 0 atom stereocenters. The van der Waals surface area contributed by atoms with Crippen LogP contribution in [-0.4, -0.2) is 15.5 Å². The molecular formula is C15H17NO3. The van der Waals surface area contributed by atoms with Gasteiger partial charge in [0.15, 0.2) is 0 Å². The summed E-state index contributed by atoms with van der Waals surface area (Å²) in [6, 6.07) is 1.94. The second kappa shape index (κ2) is 4.23. The highest BCUT2D eigenvalue weighted by Gasteiger charge is 2.19. The summed E-state index contributed by atoms with van der Waals surface area (Å²) in [5, 5.41) is 9.23. The number of fused-ring (bicyclic) bond motifs is 1. The lowest BCUT2D eigenvalue weighted by molar-refractivity contribution is 0.0694. The Balaban J connectivity index is 3.18. The van der Waals surface area contributed by atoms with Gasteiger partial charge in [0.25, 0.3) is 5.56 Å². The lowest BCUT2D eigenvalue weighted by Crippen LogP contribution is -2.26. The number of aryl methyl sites for hydroxylation is 3. The minimum Gasteiger partial charge on any atom is -0.477 e. The van der Waals surface area contributed by atoms with Gasteiger partial charge in [-0.3, -0.25) is 9.20 Å². The van der Waals surface area contributed by atoms with E-state index in [1.54, 1.807) is 6.92 Å². The van der Waals surface area contributed by atoms with E-state index in [0.29, 0.717) is 5.56 Å². The fraction of sp³-hybridized carbons (Fsp3) is 0.333. The molecule has 100 valence electrons. The van der Waals surface area contributed by atoms with Gasteiger partial charge in [-0.25, -0.2) is 4.79 Å². The van der Waals surface area contributed by atoms with Crippen LogP contribution in [0.3, 0.4) is 0 Å². The molecule has 4 heteroatoms. The highest BCUT2D eigenvalue weighted by Crippen LogP contribution is 2.21. The first-order valence-electron chi connectivity index (χ1n) is 6.13. The zero-order valence-electron chi connectivity index (χ0n) is 11.8. The van der Waals surface area contributed by atoms with Crippen molar-refractivity contribution in [3.05, 3.63) is 49.9 Å². The lowest BCUT2D eigenvalue weighted by atomic mass is 10.0. The topological polar surface area (TPSA) is 58.8 Å². The highest BCUT2D eigenvalue weighted by atomic mass is 16.4. The third kappa shape index (κ3) is 1.75. The van der Waals surface area contributed by atoms with Crippen molar-refractivity contribution in [2.24, 2.45) is 0 Å². The number of hydrogen-bond acceptors (Lipinski definition) is 2. The van der Waals surface area contributed by atoms with E-state index in [1.807, 2.05) is 33.8 Å². The van der Waals surface area contributed by atoms with Crippen LogP contribution >= 0.6 is 0 Å². The molecule has 1 N–H and O–H groups in total. The molecule has 0 aliphatic rings. The van der Waals surface area contributed by atoms with E-state index in [-0.39, 0.29) is 5.56 Å². The molecule has 0 bridgehead atoms. The van der Waals surface area contributed by atoms with Crippen LogP contribution in [0.5, 0.6) is 0 Å². The third-order valence-corrected chi connectivity index (χ3v) is 4.02. The quantitative estimate of drug-likeness (QED) is 0.856. The van der Waals surface area contributed by atoms with Crippen molar-refractivity contribution in [3.63, 3.8) is 0 Å². The summed E-state index contributed by atoms with van der Waals surface area (Å²) in [4.78, 5) is 23.7. The van der Waals surface area contributed by atoms with E-state index in [9.17, 15) is 14.7 Å². The molecule has 0 radical (unpaired) electrons. The van der Waals surface area contributed by atoms with Crippen molar-refractivity contribution in [1.82, 2.24) is 4.40 Å². The maximum atomic E-state index is 12.4. The Hall–Kier alpha value is -2.10. The molecule has 0 aliphatic carbocycles. The van der Waals surface area contributed by atoms with Crippen LogP contribution in [0.2, 0.25) is 0 Å². The number of hydrogen-bond donors (Lipinski definition) is 1. The Bertz CT molecular complexity index is 770. The summed E-state index contributed by atoms with van der Waals surface area (Å²) in [6.07, 6.45) is 0. The van der Waals surface area contributed by atoms with Gasteiger partial charge in [0.05, 0.1) is 5.52 Å². The standard InChI is InChI=1S/C15H17NO3/c1-7-6-12-9(3)10(4)13(15(18)19)14(17)16(12)11(5)8(7)2/h6H,1-5H3,(H,18,19). The number of rotatable bonds is 1. The molecule has 0 fully saturated rings. The second-order valence-corrected chi connectivity index (χ2v) is 4.99. The van der Waals surface area contributed by atoms with Crippen molar-refractivity contribution in [2.75, 3.05) is 0 Å². The molecule has 0 saturated heterocycles. The van der Waals surface area contributed by atoms with Gasteiger partial charge in [0.2, 0.25) is 0 Å². The van der Waals surface area contributed by atoms with E-state index in [4.69, 9.17) is 0 Å². The van der Waals surface area contributed by atoms with E-state index < -0.39 is 11.5 Å². The molecule has 2 aromatic rings. The molecule has 2 heterocycles. The molecule has 0 saturated carbocycles. The summed E-state index contributed by atoms with van der Waals surface area (Å²) < 4.78 is 1.51. The molecule has 0 amide bonds. The summed E-state index contributed by atoms with van der Waals surface area (Å²) >= 11 is 0. The lowest BCUT2D eigenvalue weighted by Gasteiger charge is -2.16. The smallest absolute Gasteiger partial charge is 0.341 e. The number of carbonyl (C=O) groups is 1. The van der Waals surface area contributed by atoms with Gasteiger partial charge in [0.1, 0.15) is 5.56 Å². The summed E-state index contributed by atoms with van der Waals surface area (Å²) in [5.41, 5.74) is 4.48. The van der Waals surface area contributed by atoms with Crippen molar-refractivity contribution in [1.29, 1.82) is 0 Å². The Labute approximate surface area is 111 Å². The van der Waals surface area contributed by atoms with Crippen molar-refractivity contribution >= 4 is 11.5 Å². The number of carboxylic acids is 1. The van der Waals surface area contributed by atoms with E-state index in [0.717, 1.165) is 27.9 Å². The highest BCUT2D eigenvalue weighted by molar-refractivity contribution is 5.90. The minimum atomic E-state index is -1.17. The Morgan fingerprint density at radius 1 is 1.05 bits per heavy atom. The van der Waals surface area contributed by atoms with Gasteiger partial charge in [-0.15, -0.1) is 0 Å². The number of carboxylic acid groups (broad SMARTS) is 1. The number of aromatic nitrogens is 1. The molecule has 19 heavy (non-hydrogen) atoms. The van der Waals surface area contributed by atoms with E-state index in [2.05, 4.69) is 0 Å². The maximum absolute atomic E-state index is 12.4. The Morgan fingerprint density at radius 2 is 1.63 bits per heavy atom. The van der Waals surface area contributed by atoms with E-state index >= 15 is 0 Å². The first-order chi connectivity index (χ1) is 8.77. The van der Waals surface area contributed by atoms with Gasteiger partial charge in [-0.1, -0.05) is 0 Å². The van der Waals surface area contributed by atoms with Crippen molar-refractivity contribution in [2.45, 2.75) is 34.6 Å². The van der Waals surface area contributed by atoms with Crippen LogP contribution in [0, 0.1) is 34.6 Å². The van der Waals surface area contributed by atoms with Crippen LogP contribution < -0.4 is 5.56 Å². The molecule has 0 aromatic carbocycles. The van der Waals surface area contributed by atoms with Crippen molar-refractivity contribution in [3.8, 4) is 0 Å². The van der Waals surface area contributed by atoms with E-state index in [1.165, 1.54) is 4.40 Å². The summed E-state index contributed by atoms with van der Waals surface area (Å²) in [5.74, 6) is -1.17. The fourth-order valence-corrected chi connectivity index (χ4v) is 2.45. The largest absolute Gasteiger partial charge is 0.477 e. The summed E-state index contributed by atoms with van der Waals surface area (Å²) in [7, 11) is 0. The van der Waals surface area contributed by atoms with Crippen LogP contribution in [0.4, 0.5) is 0 Å². The van der Waals surface area contributed by atoms with Gasteiger partial charge in [0, 0.05) is 5.69 Å². The van der Waals surface area contributed by atoms with Crippen LogP contribution in [0.15, 0.2) is 10.9 Å². The predicted molar refractivity (Wildman–Crippen MR) is 74.3 cm³/mol. The van der Waals surface area contributed by atoms with Gasteiger partial charge >= 0.3 is 5.97 Å². The van der Waals surface area contributed by atoms with Gasteiger partial charge in [-0.2, -0.15) is 0 Å². The SMILES string of the molecule is Cc1cc2c(C)c(C)c(C(=O)O)c(=O)n2c(C)c1C. The second-order valence-electron chi connectivity index (χ2n) is 4.99. The van der Waals surface area contributed by atoms with Crippen molar-refractivity contribution < 1.29 is 9.90 Å². The molecule has 0 unspecified atom stereocenters. The van der Waals surface area contributed by atoms with Crippen LogP contribution in [0.25, 0.3) is 5.52 Å². The molecule has 0 spiro atoms. The molecule has 0 aliphatic heterocycles. The van der Waals surface area contributed by atoms with Crippen LogP contribution in [0.1, 0.15) is 38.3 Å². The minimum absolute atomic E-state index is 0.138. The normalized spacial score (nSPS) is 11.0. The monoisotopic (exact) mass is 259 g/mol. The average molecular weight is 259 g/mol. The molecular weight excluding hydrogens is 242 g/mol. The number of pyridine rings is 2. The molecule has 2 aromatic heterocycles. The molecule has 2 rings (SSSR count).